The molecule has 1 aliphatic heterocycles. The van der Waals surface area contributed by atoms with Crippen LogP contribution in [0, 0.1) is 13.8 Å². The zero-order valence-electron chi connectivity index (χ0n) is 14.2. The highest BCUT2D eigenvalue weighted by molar-refractivity contribution is 5.92. The Balaban J connectivity index is 1.81. The Hall–Kier alpha value is -2.32. The summed E-state index contributed by atoms with van der Waals surface area (Å²) in [6.45, 7) is 4.19. The van der Waals surface area contributed by atoms with Crippen LogP contribution in [-0.2, 0) is 13.2 Å². The number of piperidine rings is 1. The standard InChI is InChI=1S/C16H19F3N4O2/c1-9-13(25-10(2)20-9)15(24)23-6-4-5-11(7-23)14-21-12(8-22(14)3)16(17,18)19/h8,11H,4-7H2,1-3H3/t11-/m1/s1. The van der Waals surface area contributed by atoms with Gasteiger partial charge >= 0.3 is 6.18 Å². The van der Waals surface area contributed by atoms with E-state index in [1.165, 1.54) is 4.57 Å². The van der Waals surface area contributed by atoms with E-state index in [0.717, 1.165) is 6.20 Å². The first-order valence-electron chi connectivity index (χ1n) is 8.00. The fourth-order valence-electron chi connectivity index (χ4n) is 3.24. The molecular weight excluding hydrogens is 337 g/mol. The molecule has 1 aliphatic rings. The SMILES string of the molecule is Cc1nc(C)c(C(=O)N2CCC[C@@H](c3nc(C(F)(F)F)cn3C)C2)o1. The quantitative estimate of drug-likeness (QED) is 0.830. The monoisotopic (exact) mass is 356 g/mol. The smallest absolute Gasteiger partial charge is 0.434 e. The molecule has 0 radical (unpaired) electrons. The second-order valence-electron chi connectivity index (χ2n) is 6.33. The number of alkyl halides is 3. The first kappa shape index (κ1) is 17.5. The van der Waals surface area contributed by atoms with Gasteiger partial charge in [-0.15, -0.1) is 0 Å². The molecule has 1 atom stereocenters. The summed E-state index contributed by atoms with van der Waals surface area (Å²) in [7, 11) is 1.54. The van der Waals surface area contributed by atoms with Crippen molar-refractivity contribution >= 4 is 5.91 Å². The number of carbonyl (C=O) groups is 1. The Bertz CT molecular complexity index is 794. The molecule has 0 bridgehead atoms. The molecule has 136 valence electrons. The molecule has 3 rings (SSSR count). The van der Waals surface area contributed by atoms with E-state index < -0.39 is 11.9 Å². The Kier molecular flexibility index (Phi) is 4.34. The van der Waals surface area contributed by atoms with Crippen molar-refractivity contribution < 1.29 is 22.4 Å². The molecule has 2 aromatic rings. The maximum absolute atomic E-state index is 12.9. The van der Waals surface area contributed by atoms with Crippen LogP contribution in [0.3, 0.4) is 0 Å². The molecule has 6 nitrogen and oxygen atoms in total. The molecular formula is C16H19F3N4O2. The summed E-state index contributed by atoms with van der Waals surface area (Å²) in [4.78, 5) is 22.1. The van der Waals surface area contributed by atoms with Gasteiger partial charge in [0.2, 0.25) is 5.76 Å². The average molecular weight is 356 g/mol. The second kappa shape index (κ2) is 6.20. The zero-order valence-corrected chi connectivity index (χ0v) is 14.2. The zero-order chi connectivity index (χ0) is 18.4. The highest BCUT2D eigenvalue weighted by Crippen LogP contribution is 2.32. The Morgan fingerprint density at radius 1 is 1.32 bits per heavy atom. The number of imidazole rings is 1. The summed E-state index contributed by atoms with van der Waals surface area (Å²) in [6.07, 6.45) is -2.12. The third kappa shape index (κ3) is 3.40. The van der Waals surface area contributed by atoms with Crippen molar-refractivity contribution in [3.05, 3.63) is 35.1 Å². The molecule has 1 amide bonds. The minimum Gasteiger partial charge on any atom is -0.436 e. The van der Waals surface area contributed by atoms with Crippen LogP contribution >= 0.6 is 0 Å². The first-order valence-corrected chi connectivity index (χ1v) is 8.00. The third-order valence-electron chi connectivity index (χ3n) is 4.37. The molecule has 0 N–H and O–H groups in total. The number of amides is 1. The van der Waals surface area contributed by atoms with Crippen LogP contribution in [0.1, 0.15) is 52.4 Å². The van der Waals surface area contributed by atoms with Crippen molar-refractivity contribution in [2.45, 2.75) is 38.8 Å². The molecule has 0 aromatic carbocycles. The Morgan fingerprint density at radius 3 is 2.60 bits per heavy atom. The molecule has 9 heteroatoms. The number of rotatable bonds is 2. The van der Waals surface area contributed by atoms with Gasteiger partial charge in [0, 0.05) is 39.2 Å². The molecule has 2 aromatic heterocycles. The van der Waals surface area contributed by atoms with Crippen LogP contribution < -0.4 is 0 Å². The molecule has 25 heavy (non-hydrogen) atoms. The van der Waals surface area contributed by atoms with Crippen molar-refractivity contribution in [2.75, 3.05) is 13.1 Å². The maximum atomic E-state index is 12.9. The molecule has 1 saturated heterocycles. The van der Waals surface area contributed by atoms with E-state index in [2.05, 4.69) is 9.97 Å². The number of halogens is 3. The number of nitrogens with zero attached hydrogens (tertiary/aromatic N) is 4. The third-order valence-corrected chi connectivity index (χ3v) is 4.37. The second-order valence-corrected chi connectivity index (χ2v) is 6.33. The van der Waals surface area contributed by atoms with Crippen molar-refractivity contribution in [1.29, 1.82) is 0 Å². The fourth-order valence-corrected chi connectivity index (χ4v) is 3.24. The van der Waals surface area contributed by atoms with Crippen LogP contribution in [0.2, 0.25) is 0 Å². The molecule has 1 fully saturated rings. The highest BCUT2D eigenvalue weighted by atomic mass is 19.4. The number of oxazole rings is 1. The summed E-state index contributed by atoms with van der Waals surface area (Å²) in [6, 6.07) is 0. The topological polar surface area (TPSA) is 64.2 Å². The highest BCUT2D eigenvalue weighted by Gasteiger charge is 2.37. The average Bonchev–Trinajstić information content (AvgIpc) is 3.09. The lowest BCUT2D eigenvalue weighted by molar-refractivity contribution is -0.141. The summed E-state index contributed by atoms with van der Waals surface area (Å²) < 4.78 is 45.4. The van der Waals surface area contributed by atoms with Gasteiger partial charge in [-0.05, 0) is 19.8 Å². The minimum atomic E-state index is -4.48. The molecule has 0 aliphatic carbocycles. The summed E-state index contributed by atoms with van der Waals surface area (Å²) in [5, 5.41) is 0. The van der Waals surface area contributed by atoms with Gasteiger partial charge in [-0.25, -0.2) is 9.97 Å². The van der Waals surface area contributed by atoms with Gasteiger partial charge in [-0.2, -0.15) is 13.2 Å². The van der Waals surface area contributed by atoms with E-state index in [0.29, 0.717) is 43.3 Å². The van der Waals surface area contributed by atoms with Crippen LogP contribution in [0.4, 0.5) is 13.2 Å². The molecule has 0 saturated carbocycles. The molecule has 0 spiro atoms. The normalized spacial score (nSPS) is 18.6. The first-order chi connectivity index (χ1) is 11.7. The molecule has 0 unspecified atom stereocenters. The minimum absolute atomic E-state index is 0.189. The van der Waals surface area contributed by atoms with Crippen molar-refractivity contribution in [3.8, 4) is 0 Å². The van der Waals surface area contributed by atoms with E-state index in [-0.39, 0.29) is 17.6 Å². The van der Waals surface area contributed by atoms with Crippen LogP contribution in [0.5, 0.6) is 0 Å². The molecule has 3 heterocycles. The van der Waals surface area contributed by atoms with Crippen LogP contribution in [-0.4, -0.2) is 38.4 Å². The van der Waals surface area contributed by atoms with Crippen LogP contribution in [0.15, 0.2) is 10.6 Å². The Labute approximate surface area is 142 Å². The predicted octanol–water partition coefficient (Wildman–Crippen LogP) is 3.06. The van der Waals surface area contributed by atoms with Gasteiger partial charge in [-0.1, -0.05) is 0 Å². The lowest BCUT2D eigenvalue weighted by Crippen LogP contribution is -2.39. The van der Waals surface area contributed by atoms with Gasteiger partial charge < -0.3 is 13.9 Å². The summed E-state index contributed by atoms with van der Waals surface area (Å²) in [5.74, 6) is 0.411. The van der Waals surface area contributed by atoms with Gasteiger partial charge in [0.05, 0.1) is 5.69 Å². The van der Waals surface area contributed by atoms with Gasteiger partial charge in [0.15, 0.2) is 11.6 Å². The number of hydrogen-bond donors (Lipinski definition) is 0. The van der Waals surface area contributed by atoms with Crippen molar-refractivity contribution in [2.24, 2.45) is 7.05 Å². The fraction of sp³-hybridized carbons (Fsp3) is 0.562. The Morgan fingerprint density at radius 2 is 2.04 bits per heavy atom. The van der Waals surface area contributed by atoms with E-state index in [4.69, 9.17) is 4.42 Å². The van der Waals surface area contributed by atoms with Gasteiger partial charge in [0.1, 0.15) is 5.82 Å². The van der Waals surface area contributed by atoms with Gasteiger partial charge in [0.25, 0.3) is 5.91 Å². The maximum Gasteiger partial charge on any atom is 0.434 e. The number of likely N-dealkylation sites (tertiary alicyclic amines) is 1. The van der Waals surface area contributed by atoms with E-state index in [1.807, 2.05) is 0 Å². The van der Waals surface area contributed by atoms with E-state index >= 15 is 0 Å². The summed E-state index contributed by atoms with van der Waals surface area (Å²) >= 11 is 0. The summed E-state index contributed by atoms with van der Waals surface area (Å²) in [5.41, 5.74) is -0.392. The van der Waals surface area contributed by atoms with E-state index in [1.54, 1.807) is 25.8 Å². The van der Waals surface area contributed by atoms with Crippen LogP contribution in [0.25, 0.3) is 0 Å². The van der Waals surface area contributed by atoms with E-state index in [9.17, 15) is 18.0 Å². The lowest BCUT2D eigenvalue weighted by atomic mass is 9.97. The number of carbonyl (C=O) groups excluding carboxylic acids is 1. The van der Waals surface area contributed by atoms with Crippen molar-refractivity contribution in [3.63, 3.8) is 0 Å². The largest absolute Gasteiger partial charge is 0.436 e. The number of aromatic nitrogens is 3. The lowest BCUT2D eigenvalue weighted by Gasteiger charge is -2.31. The number of aryl methyl sites for hydroxylation is 3. The predicted molar refractivity (Wildman–Crippen MR) is 82.1 cm³/mol. The van der Waals surface area contributed by atoms with Gasteiger partial charge in [-0.3, -0.25) is 4.79 Å². The number of hydrogen-bond acceptors (Lipinski definition) is 4. The van der Waals surface area contributed by atoms with Crippen molar-refractivity contribution in [1.82, 2.24) is 19.4 Å².